The van der Waals surface area contributed by atoms with Gasteiger partial charge >= 0.3 is 0 Å². The molecule has 0 unspecified atom stereocenters. The molecule has 0 amide bonds. The molecule has 0 radical (unpaired) electrons. The Morgan fingerprint density at radius 2 is 2.21 bits per heavy atom. The van der Waals surface area contributed by atoms with Gasteiger partial charge in [-0.05, 0) is 26.2 Å². The number of fused-ring (bicyclic) bond motifs is 1. The maximum absolute atomic E-state index is 13.0. The average Bonchev–Trinajstić information content (AvgIpc) is 2.47. The van der Waals surface area contributed by atoms with Crippen LogP contribution in [-0.2, 0) is 6.54 Å². The zero-order valence-electron chi connectivity index (χ0n) is 8.24. The smallest absolute Gasteiger partial charge is 0.139 e. The highest BCUT2D eigenvalue weighted by Crippen LogP contribution is 2.09. The van der Waals surface area contributed by atoms with Crippen LogP contribution in [0.4, 0.5) is 4.39 Å². The summed E-state index contributed by atoms with van der Waals surface area (Å²) in [6, 6.07) is 3.09. The zero-order valence-corrected chi connectivity index (χ0v) is 8.24. The van der Waals surface area contributed by atoms with E-state index in [2.05, 4.69) is 4.98 Å². The van der Waals surface area contributed by atoms with E-state index in [9.17, 15) is 4.39 Å². The summed E-state index contributed by atoms with van der Waals surface area (Å²) in [5, 5.41) is 0. The van der Waals surface area contributed by atoms with Crippen LogP contribution in [0, 0.1) is 5.82 Å². The lowest BCUT2D eigenvalue weighted by Crippen LogP contribution is -2.12. The molecular formula is C10H12FN3. The van der Waals surface area contributed by atoms with E-state index in [-0.39, 0.29) is 5.82 Å². The van der Waals surface area contributed by atoms with Gasteiger partial charge < -0.3 is 4.90 Å². The molecule has 3 nitrogen and oxygen atoms in total. The van der Waals surface area contributed by atoms with Crippen molar-refractivity contribution in [2.45, 2.75) is 6.54 Å². The van der Waals surface area contributed by atoms with Crippen LogP contribution in [0.3, 0.4) is 0 Å². The number of halogens is 1. The summed E-state index contributed by atoms with van der Waals surface area (Å²) in [5.41, 5.74) is 1.77. The van der Waals surface area contributed by atoms with Crippen LogP contribution in [0.5, 0.6) is 0 Å². The van der Waals surface area contributed by atoms with Crippen molar-refractivity contribution in [3.8, 4) is 0 Å². The van der Waals surface area contributed by atoms with E-state index in [0.717, 1.165) is 17.9 Å². The Labute approximate surface area is 81.8 Å². The third-order valence-electron chi connectivity index (χ3n) is 2.02. The normalized spacial score (nSPS) is 11.4. The number of rotatable bonds is 2. The van der Waals surface area contributed by atoms with Crippen LogP contribution in [0.15, 0.2) is 24.5 Å². The average molecular weight is 193 g/mol. The minimum atomic E-state index is -0.240. The van der Waals surface area contributed by atoms with E-state index in [0.29, 0.717) is 0 Å². The maximum atomic E-state index is 13.0. The van der Waals surface area contributed by atoms with Crippen LogP contribution in [0.1, 0.15) is 5.69 Å². The highest BCUT2D eigenvalue weighted by atomic mass is 19.1. The number of pyridine rings is 1. The Morgan fingerprint density at radius 1 is 1.43 bits per heavy atom. The van der Waals surface area contributed by atoms with E-state index >= 15 is 0 Å². The van der Waals surface area contributed by atoms with Gasteiger partial charge in [0.25, 0.3) is 0 Å². The monoisotopic (exact) mass is 193 g/mol. The van der Waals surface area contributed by atoms with Gasteiger partial charge in [-0.2, -0.15) is 0 Å². The summed E-state index contributed by atoms with van der Waals surface area (Å²) in [4.78, 5) is 6.20. The van der Waals surface area contributed by atoms with Crippen LogP contribution < -0.4 is 0 Å². The second-order valence-electron chi connectivity index (χ2n) is 3.56. The van der Waals surface area contributed by atoms with E-state index in [1.165, 1.54) is 12.3 Å². The van der Waals surface area contributed by atoms with Crippen molar-refractivity contribution < 1.29 is 4.39 Å². The number of imidazole rings is 1. The summed E-state index contributed by atoms with van der Waals surface area (Å²) in [6.07, 6.45) is 3.23. The molecule has 0 saturated carbocycles. The fourth-order valence-corrected chi connectivity index (χ4v) is 1.45. The number of hydrogen-bond acceptors (Lipinski definition) is 2. The molecule has 74 valence electrons. The Morgan fingerprint density at radius 3 is 2.93 bits per heavy atom. The second-order valence-corrected chi connectivity index (χ2v) is 3.56. The molecule has 2 aromatic rings. The minimum absolute atomic E-state index is 0.240. The van der Waals surface area contributed by atoms with E-state index in [4.69, 9.17) is 0 Å². The van der Waals surface area contributed by atoms with Crippen LogP contribution in [0.25, 0.3) is 5.65 Å². The predicted octanol–water partition coefficient (Wildman–Crippen LogP) is 1.54. The molecule has 0 fully saturated rings. The van der Waals surface area contributed by atoms with E-state index in [1.54, 1.807) is 16.7 Å². The van der Waals surface area contributed by atoms with Crippen LogP contribution in [0.2, 0.25) is 0 Å². The van der Waals surface area contributed by atoms with Crippen molar-refractivity contribution in [2.75, 3.05) is 14.1 Å². The first-order chi connectivity index (χ1) is 6.66. The molecule has 0 aliphatic carbocycles. The quantitative estimate of drug-likeness (QED) is 0.721. The summed E-state index contributed by atoms with van der Waals surface area (Å²) in [5.74, 6) is -0.240. The van der Waals surface area contributed by atoms with Crippen molar-refractivity contribution in [3.63, 3.8) is 0 Å². The summed E-state index contributed by atoms with van der Waals surface area (Å²) < 4.78 is 14.7. The molecule has 2 rings (SSSR count). The first-order valence-electron chi connectivity index (χ1n) is 4.43. The van der Waals surface area contributed by atoms with Gasteiger partial charge in [-0.1, -0.05) is 0 Å². The second kappa shape index (κ2) is 3.38. The van der Waals surface area contributed by atoms with Gasteiger partial charge in [0.15, 0.2) is 0 Å². The molecule has 0 aliphatic rings. The van der Waals surface area contributed by atoms with Gasteiger partial charge in [0, 0.05) is 12.7 Å². The van der Waals surface area contributed by atoms with Crippen molar-refractivity contribution >= 4 is 5.65 Å². The Bertz CT molecular complexity index is 448. The fourth-order valence-electron chi connectivity index (χ4n) is 1.45. The highest BCUT2D eigenvalue weighted by Gasteiger charge is 2.04. The van der Waals surface area contributed by atoms with Crippen molar-refractivity contribution in [1.29, 1.82) is 0 Å². The minimum Gasteiger partial charge on any atom is -0.304 e. The molecular weight excluding hydrogens is 181 g/mol. The topological polar surface area (TPSA) is 20.5 Å². The van der Waals surface area contributed by atoms with Crippen LogP contribution >= 0.6 is 0 Å². The molecule has 0 saturated heterocycles. The van der Waals surface area contributed by atoms with Crippen LogP contribution in [-0.4, -0.2) is 28.4 Å². The zero-order chi connectivity index (χ0) is 10.1. The molecule has 4 heteroatoms. The van der Waals surface area contributed by atoms with E-state index < -0.39 is 0 Å². The van der Waals surface area contributed by atoms with Gasteiger partial charge in [-0.3, -0.25) is 4.40 Å². The molecule has 0 aliphatic heterocycles. The molecule has 0 spiro atoms. The van der Waals surface area contributed by atoms with Crippen molar-refractivity contribution in [2.24, 2.45) is 0 Å². The van der Waals surface area contributed by atoms with Crippen molar-refractivity contribution in [3.05, 3.63) is 36.0 Å². The fraction of sp³-hybridized carbons (Fsp3) is 0.300. The first-order valence-corrected chi connectivity index (χ1v) is 4.43. The molecule has 0 aromatic carbocycles. The summed E-state index contributed by atoms with van der Waals surface area (Å²) >= 11 is 0. The summed E-state index contributed by atoms with van der Waals surface area (Å²) in [7, 11) is 3.94. The van der Waals surface area contributed by atoms with Crippen molar-refractivity contribution in [1.82, 2.24) is 14.3 Å². The first kappa shape index (κ1) is 9.15. The third-order valence-corrected chi connectivity index (χ3v) is 2.02. The molecule has 2 heterocycles. The molecule has 0 bridgehead atoms. The number of nitrogens with zero attached hydrogens (tertiary/aromatic N) is 3. The Hall–Kier alpha value is -1.42. The lowest BCUT2D eigenvalue weighted by Gasteiger charge is -2.08. The lowest BCUT2D eigenvalue weighted by atomic mass is 10.4. The van der Waals surface area contributed by atoms with E-state index in [1.807, 2.05) is 19.0 Å². The molecule has 2 aromatic heterocycles. The molecule has 0 atom stereocenters. The molecule has 0 N–H and O–H groups in total. The number of hydrogen-bond donors (Lipinski definition) is 0. The lowest BCUT2D eigenvalue weighted by molar-refractivity contribution is 0.395. The standard InChI is InChI=1S/C10H12FN3/c1-13(2)7-9-5-12-10-4-3-8(11)6-14(9)10/h3-6H,7H2,1-2H3. The third kappa shape index (κ3) is 1.61. The highest BCUT2D eigenvalue weighted by molar-refractivity contribution is 5.40. The summed E-state index contributed by atoms with van der Waals surface area (Å²) in [6.45, 7) is 0.755. The largest absolute Gasteiger partial charge is 0.304 e. The van der Waals surface area contributed by atoms with Gasteiger partial charge in [0.05, 0.1) is 11.9 Å². The SMILES string of the molecule is CN(C)Cc1cnc2ccc(F)cn12. The predicted molar refractivity (Wildman–Crippen MR) is 52.5 cm³/mol. The van der Waals surface area contributed by atoms with Gasteiger partial charge in [0.2, 0.25) is 0 Å². The maximum Gasteiger partial charge on any atom is 0.139 e. The Balaban J connectivity index is 2.50. The Kier molecular flexibility index (Phi) is 2.21. The number of aromatic nitrogens is 2. The molecule has 14 heavy (non-hydrogen) atoms. The van der Waals surface area contributed by atoms with Gasteiger partial charge in [-0.25, -0.2) is 9.37 Å². The van der Waals surface area contributed by atoms with Gasteiger partial charge in [0.1, 0.15) is 11.5 Å². The van der Waals surface area contributed by atoms with Gasteiger partial charge in [-0.15, -0.1) is 0 Å².